The van der Waals surface area contributed by atoms with E-state index in [0.29, 0.717) is 5.82 Å². The van der Waals surface area contributed by atoms with Crippen LogP contribution in [0.1, 0.15) is 34.4 Å². The molecule has 3 aromatic rings. The molecule has 3 rings (SSSR count). The Hall–Kier alpha value is -3.15. The van der Waals surface area contributed by atoms with Crippen LogP contribution in [-0.2, 0) is 7.05 Å². The van der Waals surface area contributed by atoms with Gasteiger partial charge in [-0.3, -0.25) is 0 Å². The fourth-order valence-corrected chi connectivity index (χ4v) is 2.86. The van der Waals surface area contributed by atoms with Gasteiger partial charge in [0.1, 0.15) is 11.9 Å². The summed E-state index contributed by atoms with van der Waals surface area (Å²) >= 11 is 0. The number of anilines is 1. The van der Waals surface area contributed by atoms with Crippen molar-refractivity contribution in [3.63, 3.8) is 0 Å². The molecule has 0 aliphatic carbocycles. The highest BCUT2D eigenvalue weighted by molar-refractivity contribution is 5.90. The smallest absolute Gasteiger partial charge is 0.320 e. The van der Waals surface area contributed by atoms with Gasteiger partial charge in [-0.15, -0.1) is 10.2 Å². The summed E-state index contributed by atoms with van der Waals surface area (Å²) in [6.45, 7) is 5.89. The minimum atomic E-state index is -0.395. The normalized spacial score (nSPS) is 11.8. The molecule has 0 saturated carbocycles. The van der Waals surface area contributed by atoms with Crippen LogP contribution in [0.2, 0.25) is 0 Å². The molecule has 0 radical (unpaired) electrons. The van der Waals surface area contributed by atoms with Crippen LogP contribution in [0, 0.1) is 20.8 Å². The van der Waals surface area contributed by atoms with Crippen LogP contribution in [0.3, 0.4) is 0 Å². The summed E-state index contributed by atoms with van der Waals surface area (Å²) in [4.78, 5) is 12.6. The third-order valence-electron chi connectivity index (χ3n) is 4.42. The van der Waals surface area contributed by atoms with Gasteiger partial charge < -0.3 is 15.2 Å². The maximum Gasteiger partial charge on any atom is 0.320 e. The van der Waals surface area contributed by atoms with Gasteiger partial charge in [0.2, 0.25) is 0 Å². The minimum absolute atomic E-state index is 0.286. The maximum absolute atomic E-state index is 12.6. The Bertz CT molecular complexity index is 917. The lowest BCUT2D eigenvalue weighted by Crippen LogP contribution is -2.34. The molecule has 1 atom stereocenters. The van der Waals surface area contributed by atoms with E-state index in [1.54, 1.807) is 0 Å². The summed E-state index contributed by atoms with van der Waals surface area (Å²) < 4.78 is 1.88. The number of aryl methyl sites for hydroxylation is 3. The number of hydrogen-bond donors (Lipinski definition) is 2. The molecular weight excluding hydrogens is 326 g/mol. The second-order valence-corrected chi connectivity index (χ2v) is 6.42. The highest BCUT2D eigenvalue weighted by Gasteiger charge is 2.22. The molecule has 0 spiro atoms. The van der Waals surface area contributed by atoms with E-state index in [1.165, 1.54) is 0 Å². The van der Waals surface area contributed by atoms with E-state index in [4.69, 9.17) is 0 Å². The number of amides is 2. The van der Waals surface area contributed by atoms with Crippen molar-refractivity contribution in [3.8, 4) is 0 Å². The Morgan fingerprint density at radius 2 is 1.77 bits per heavy atom. The van der Waals surface area contributed by atoms with Crippen LogP contribution < -0.4 is 10.6 Å². The molecule has 2 N–H and O–H groups in total. The molecule has 0 aliphatic rings. The Morgan fingerprint density at radius 3 is 2.38 bits per heavy atom. The van der Waals surface area contributed by atoms with Crippen molar-refractivity contribution in [1.82, 2.24) is 20.1 Å². The largest absolute Gasteiger partial charge is 0.324 e. The van der Waals surface area contributed by atoms with Crippen LogP contribution in [0.5, 0.6) is 0 Å². The first-order chi connectivity index (χ1) is 12.5. The molecule has 2 amide bonds. The van der Waals surface area contributed by atoms with Crippen molar-refractivity contribution < 1.29 is 4.79 Å². The molecule has 1 unspecified atom stereocenters. The van der Waals surface area contributed by atoms with Crippen LogP contribution in [0.4, 0.5) is 10.5 Å². The average Bonchev–Trinajstić information content (AvgIpc) is 2.95. The summed E-state index contributed by atoms with van der Waals surface area (Å²) in [5.41, 5.74) is 3.91. The summed E-state index contributed by atoms with van der Waals surface area (Å²) in [6.07, 6.45) is 0. The highest BCUT2D eigenvalue weighted by Crippen LogP contribution is 2.21. The second-order valence-electron chi connectivity index (χ2n) is 6.42. The highest BCUT2D eigenvalue weighted by atomic mass is 16.2. The van der Waals surface area contributed by atoms with Crippen molar-refractivity contribution in [1.29, 1.82) is 0 Å². The molecule has 6 nitrogen and oxygen atoms in total. The first-order valence-electron chi connectivity index (χ1n) is 8.51. The standard InChI is InChI=1S/C20H23N5O/c1-13-10-11-17(14(2)12-13)21-20(26)22-18(16-8-6-5-7-9-16)19-24-23-15(3)25(19)4/h5-12,18H,1-4H3,(H2,21,22,26). The molecule has 1 heterocycles. The predicted molar refractivity (Wildman–Crippen MR) is 102 cm³/mol. The second kappa shape index (κ2) is 7.39. The minimum Gasteiger partial charge on any atom is -0.324 e. The molecule has 0 bridgehead atoms. The molecule has 134 valence electrons. The molecule has 6 heteroatoms. The summed E-state index contributed by atoms with van der Waals surface area (Å²) in [5, 5.41) is 14.3. The average molecular weight is 349 g/mol. The van der Waals surface area contributed by atoms with Crippen LogP contribution in [0.15, 0.2) is 48.5 Å². The van der Waals surface area contributed by atoms with Gasteiger partial charge in [0.05, 0.1) is 0 Å². The number of rotatable bonds is 4. The Labute approximate surface area is 153 Å². The Balaban J connectivity index is 1.86. The SMILES string of the molecule is Cc1ccc(NC(=O)NC(c2ccccc2)c2nnc(C)n2C)c(C)c1. The van der Waals surface area contributed by atoms with Crippen molar-refractivity contribution in [3.05, 3.63) is 76.9 Å². The molecule has 0 fully saturated rings. The molecule has 0 aliphatic heterocycles. The van der Waals surface area contributed by atoms with Gasteiger partial charge in [0.25, 0.3) is 0 Å². The van der Waals surface area contributed by atoms with Gasteiger partial charge in [-0.2, -0.15) is 0 Å². The van der Waals surface area contributed by atoms with Crippen LogP contribution in [0.25, 0.3) is 0 Å². The third-order valence-corrected chi connectivity index (χ3v) is 4.42. The van der Waals surface area contributed by atoms with Crippen molar-refractivity contribution in [2.45, 2.75) is 26.8 Å². The van der Waals surface area contributed by atoms with Gasteiger partial charge in [-0.25, -0.2) is 4.79 Å². The van der Waals surface area contributed by atoms with Crippen molar-refractivity contribution in [2.24, 2.45) is 7.05 Å². The number of nitrogens with zero attached hydrogens (tertiary/aromatic N) is 3. The quantitative estimate of drug-likeness (QED) is 0.755. The van der Waals surface area contributed by atoms with E-state index in [-0.39, 0.29) is 6.03 Å². The topological polar surface area (TPSA) is 71.8 Å². The van der Waals surface area contributed by atoms with Crippen molar-refractivity contribution in [2.75, 3.05) is 5.32 Å². The zero-order chi connectivity index (χ0) is 18.7. The first-order valence-corrected chi connectivity index (χ1v) is 8.51. The number of benzene rings is 2. The number of aromatic nitrogens is 3. The van der Waals surface area contributed by atoms with E-state index in [1.807, 2.05) is 80.9 Å². The molecule has 0 saturated heterocycles. The molecular formula is C20H23N5O. The van der Waals surface area contributed by atoms with Gasteiger partial charge in [-0.1, -0.05) is 48.0 Å². The lowest BCUT2D eigenvalue weighted by Gasteiger charge is -2.19. The Morgan fingerprint density at radius 1 is 1.04 bits per heavy atom. The Kier molecular flexibility index (Phi) is 5.02. The van der Waals surface area contributed by atoms with E-state index in [9.17, 15) is 4.79 Å². The first kappa shape index (κ1) is 17.7. The van der Waals surface area contributed by atoms with E-state index >= 15 is 0 Å². The fraction of sp³-hybridized carbons (Fsp3) is 0.250. The lowest BCUT2D eigenvalue weighted by atomic mass is 10.1. The van der Waals surface area contributed by atoms with E-state index in [0.717, 1.165) is 28.2 Å². The van der Waals surface area contributed by atoms with Crippen molar-refractivity contribution >= 4 is 11.7 Å². The van der Waals surface area contributed by atoms with Gasteiger partial charge in [0.15, 0.2) is 5.82 Å². The van der Waals surface area contributed by atoms with Gasteiger partial charge >= 0.3 is 6.03 Å². The molecule has 1 aromatic heterocycles. The summed E-state index contributed by atoms with van der Waals surface area (Å²) in [7, 11) is 1.89. The molecule has 26 heavy (non-hydrogen) atoms. The van der Waals surface area contributed by atoms with Gasteiger partial charge in [-0.05, 0) is 38.0 Å². The number of urea groups is 1. The predicted octanol–water partition coefficient (Wildman–Crippen LogP) is 3.65. The number of hydrogen-bond acceptors (Lipinski definition) is 3. The maximum atomic E-state index is 12.6. The van der Waals surface area contributed by atoms with Crippen LogP contribution >= 0.6 is 0 Å². The number of nitrogens with one attached hydrogen (secondary N) is 2. The monoisotopic (exact) mass is 349 g/mol. The molecule has 2 aromatic carbocycles. The zero-order valence-electron chi connectivity index (χ0n) is 15.4. The fourth-order valence-electron chi connectivity index (χ4n) is 2.86. The number of carbonyl (C=O) groups excluding carboxylic acids is 1. The summed E-state index contributed by atoms with van der Waals surface area (Å²) in [6, 6.07) is 15.0. The third kappa shape index (κ3) is 3.74. The van der Waals surface area contributed by atoms with E-state index < -0.39 is 6.04 Å². The van der Waals surface area contributed by atoms with Crippen LogP contribution in [-0.4, -0.2) is 20.8 Å². The lowest BCUT2D eigenvalue weighted by molar-refractivity contribution is 0.249. The van der Waals surface area contributed by atoms with E-state index in [2.05, 4.69) is 20.8 Å². The summed E-state index contributed by atoms with van der Waals surface area (Å²) in [5.74, 6) is 1.47. The van der Waals surface area contributed by atoms with Gasteiger partial charge in [0, 0.05) is 12.7 Å². The zero-order valence-corrected chi connectivity index (χ0v) is 15.4. The number of carbonyl (C=O) groups is 1.